The fourth-order valence-corrected chi connectivity index (χ4v) is 1.77. The summed E-state index contributed by atoms with van der Waals surface area (Å²) < 4.78 is 11.0. The smallest absolute Gasteiger partial charge is 0.124 e. The minimum Gasteiger partial charge on any atom is -0.496 e. The van der Waals surface area contributed by atoms with Gasteiger partial charge >= 0.3 is 0 Å². The number of hydrogen-bond acceptors (Lipinski definition) is 3. The summed E-state index contributed by atoms with van der Waals surface area (Å²) in [6, 6.07) is 6.70. The molecule has 1 aromatic rings. The third-order valence-electron chi connectivity index (χ3n) is 2.71. The molecule has 0 fully saturated rings. The van der Waals surface area contributed by atoms with Crippen LogP contribution in [0.1, 0.15) is 31.4 Å². The third-order valence-corrected chi connectivity index (χ3v) is 2.71. The number of ether oxygens (including phenoxy) is 2. The van der Waals surface area contributed by atoms with Crippen LogP contribution in [0.4, 0.5) is 0 Å². The van der Waals surface area contributed by atoms with Crippen LogP contribution in [0, 0.1) is 6.92 Å². The van der Waals surface area contributed by atoms with Crippen molar-refractivity contribution in [3.05, 3.63) is 29.3 Å². The van der Waals surface area contributed by atoms with Crippen LogP contribution in [0.2, 0.25) is 0 Å². The first kappa shape index (κ1) is 15.0. The minimum absolute atomic E-state index is 0.543. The second kappa shape index (κ2) is 8.11. The zero-order chi connectivity index (χ0) is 13.4. The van der Waals surface area contributed by atoms with Gasteiger partial charge in [-0.25, -0.2) is 0 Å². The number of nitrogens with one attached hydrogen (secondary N) is 1. The van der Waals surface area contributed by atoms with E-state index in [2.05, 4.69) is 38.2 Å². The monoisotopic (exact) mass is 251 g/mol. The lowest BCUT2D eigenvalue weighted by atomic mass is 10.1. The number of aryl methyl sites for hydroxylation is 1. The Morgan fingerprint density at radius 2 is 2.06 bits per heavy atom. The summed E-state index contributed by atoms with van der Waals surface area (Å²) in [5, 5.41) is 3.37. The van der Waals surface area contributed by atoms with Gasteiger partial charge in [0.2, 0.25) is 0 Å². The Balaban J connectivity index is 2.28. The van der Waals surface area contributed by atoms with Gasteiger partial charge in [-0.15, -0.1) is 0 Å². The van der Waals surface area contributed by atoms with Crippen LogP contribution < -0.4 is 10.1 Å². The van der Waals surface area contributed by atoms with Crippen LogP contribution in [0.15, 0.2) is 18.2 Å². The van der Waals surface area contributed by atoms with Crippen molar-refractivity contribution in [2.24, 2.45) is 0 Å². The Labute approximate surface area is 110 Å². The van der Waals surface area contributed by atoms with E-state index in [0.29, 0.717) is 12.6 Å². The van der Waals surface area contributed by atoms with Crippen molar-refractivity contribution in [3.63, 3.8) is 0 Å². The molecule has 1 aromatic carbocycles. The predicted octanol–water partition coefficient (Wildman–Crippen LogP) is 2.91. The Kier molecular flexibility index (Phi) is 6.76. The molecule has 0 aliphatic heterocycles. The van der Waals surface area contributed by atoms with Crippen molar-refractivity contribution >= 4 is 0 Å². The molecule has 0 saturated carbocycles. The van der Waals surface area contributed by atoms with E-state index in [1.807, 2.05) is 6.07 Å². The van der Waals surface area contributed by atoms with Gasteiger partial charge in [-0.3, -0.25) is 0 Å². The van der Waals surface area contributed by atoms with Crippen molar-refractivity contribution in [1.29, 1.82) is 0 Å². The molecule has 0 radical (unpaired) electrons. The molecule has 0 atom stereocenters. The van der Waals surface area contributed by atoms with E-state index in [-0.39, 0.29) is 0 Å². The molecule has 0 unspecified atom stereocenters. The molecule has 0 spiro atoms. The van der Waals surface area contributed by atoms with E-state index in [1.54, 1.807) is 7.11 Å². The molecule has 0 heterocycles. The Hall–Kier alpha value is -1.06. The SMILES string of the molecule is COc1ccc(C)cc1COCCCNC(C)C. The van der Waals surface area contributed by atoms with Crippen molar-refractivity contribution < 1.29 is 9.47 Å². The maximum Gasteiger partial charge on any atom is 0.124 e. The summed E-state index contributed by atoms with van der Waals surface area (Å²) in [6.45, 7) is 8.78. The summed E-state index contributed by atoms with van der Waals surface area (Å²) in [6.07, 6.45) is 1.03. The van der Waals surface area contributed by atoms with Gasteiger partial charge in [-0.1, -0.05) is 31.5 Å². The standard InChI is InChI=1S/C15H25NO2/c1-12(2)16-8-5-9-18-11-14-10-13(3)6-7-15(14)17-4/h6-7,10,12,16H,5,8-9,11H2,1-4H3. The van der Waals surface area contributed by atoms with Crippen molar-refractivity contribution in [2.45, 2.75) is 39.8 Å². The highest BCUT2D eigenvalue weighted by molar-refractivity contribution is 5.36. The van der Waals surface area contributed by atoms with Crippen LogP contribution in [0.3, 0.4) is 0 Å². The highest BCUT2D eigenvalue weighted by atomic mass is 16.5. The molecule has 3 heteroatoms. The summed E-state index contributed by atoms with van der Waals surface area (Å²) in [5.74, 6) is 0.904. The molecule has 1 rings (SSSR count). The van der Waals surface area contributed by atoms with E-state index in [1.165, 1.54) is 5.56 Å². The summed E-state index contributed by atoms with van der Waals surface area (Å²) in [7, 11) is 1.70. The first-order chi connectivity index (χ1) is 8.63. The third kappa shape index (κ3) is 5.52. The first-order valence-corrected chi connectivity index (χ1v) is 6.58. The van der Waals surface area contributed by atoms with Crippen molar-refractivity contribution in [1.82, 2.24) is 5.32 Å². The normalized spacial score (nSPS) is 10.9. The topological polar surface area (TPSA) is 30.5 Å². The molecule has 0 aromatic heterocycles. The molecule has 0 aliphatic rings. The van der Waals surface area contributed by atoms with Gasteiger partial charge in [0.15, 0.2) is 0 Å². The van der Waals surface area contributed by atoms with Crippen LogP contribution in [0.25, 0.3) is 0 Å². The van der Waals surface area contributed by atoms with Gasteiger partial charge in [0.25, 0.3) is 0 Å². The van der Waals surface area contributed by atoms with Gasteiger partial charge in [0, 0.05) is 18.2 Å². The fraction of sp³-hybridized carbons (Fsp3) is 0.600. The molecule has 3 nitrogen and oxygen atoms in total. The Morgan fingerprint density at radius 3 is 2.72 bits per heavy atom. The fourth-order valence-electron chi connectivity index (χ4n) is 1.77. The van der Waals surface area contributed by atoms with E-state index < -0.39 is 0 Å². The second-order valence-electron chi connectivity index (χ2n) is 4.83. The van der Waals surface area contributed by atoms with Gasteiger partial charge < -0.3 is 14.8 Å². The minimum atomic E-state index is 0.543. The lowest BCUT2D eigenvalue weighted by molar-refractivity contribution is 0.116. The molecular formula is C15H25NO2. The van der Waals surface area contributed by atoms with Crippen molar-refractivity contribution in [3.8, 4) is 5.75 Å². The highest BCUT2D eigenvalue weighted by Gasteiger charge is 2.03. The first-order valence-electron chi connectivity index (χ1n) is 6.58. The van der Waals surface area contributed by atoms with E-state index >= 15 is 0 Å². The van der Waals surface area contributed by atoms with Crippen molar-refractivity contribution in [2.75, 3.05) is 20.3 Å². The number of rotatable bonds is 8. The van der Waals surface area contributed by atoms with E-state index in [9.17, 15) is 0 Å². The molecule has 0 amide bonds. The van der Waals surface area contributed by atoms with Gasteiger partial charge in [-0.05, 0) is 26.0 Å². The zero-order valence-electron chi connectivity index (χ0n) is 12.0. The Morgan fingerprint density at radius 1 is 1.28 bits per heavy atom. The van der Waals surface area contributed by atoms with E-state index in [4.69, 9.17) is 9.47 Å². The molecule has 102 valence electrons. The highest BCUT2D eigenvalue weighted by Crippen LogP contribution is 2.20. The number of benzene rings is 1. The van der Waals surface area contributed by atoms with Gasteiger partial charge in [-0.2, -0.15) is 0 Å². The Bertz CT molecular complexity index is 350. The maximum absolute atomic E-state index is 5.68. The second-order valence-corrected chi connectivity index (χ2v) is 4.83. The predicted molar refractivity (Wildman–Crippen MR) is 75.1 cm³/mol. The summed E-state index contributed by atoms with van der Waals surface area (Å²) >= 11 is 0. The number of methoxy groups -OCH3 is 1. The van der Waals surface area contributed by atoms with Crippen LogP contribution in [-0.2, 0) is 11.3 Å². The average Bonchev–Trinajstić information content (AvgIpc) is 2.33. The van der Waals surface area contributed by atoms with Crippen LogP contribution >= 0.6 is 0 Å². The molecule has 0 aliphatic carbocycles. The quantitative estimate of drug-likeness (QED) is 0.721. The number of hydrogen-bond donors (Lipinski definition) is 1. The van der Waals surface area contributed by atoms with Crippen LogP contribution in [-0.4, -0.2) is 26.3 Å². The molecule has 1 N–H and O–H groups in total. The van der Waals surface area contributed by atoms with Crippen LogP contribution in [0.5, 0.6) is 5.75 Å². The largest absolute Gasteiger partial charge is 0.496 e. The lowest BCUT2D eigenvalue weighted by Gasteiger charge is -2.11. The maximum atomic E-state index is 5.68. The lowest BCUT2D eigenvalue weighted by Crippen LogP contribution is -2.24. The average molecular weight is 251 g/mol. The molecule has 0 saturated heterocycles. The zero-order valence-corrected chi connectivity index (χ0v) is 12.0. The van der Waals surface area contributed by atoms with Gasteiger partial charge in [0.05, 0.1) is 13.7 Å². The molecule has 0 bridgehead atoms. The molecule has 18 heavy (non-hydrogen) atoms. The van der Waals surface area contributed by atoms with E-state index in [0.717, 1.165) is 30.9 Å². The summed E-state index contributed by atoms with van der Waals surface area (Å²) in [4.78, 5) is 0. The molecular weight excluding hydrogens is 226 g/mol. The van der Waals surface area contributed by atoms with Gasteiger partial charge in [0.1, 0.15) is 5.75 Å². The summed E-state index contributed by atoms with van der Waals surface area (Å²) in [5.41, 5.74) is 2.35.